The maximum Gasteiger partial charge on any atom is 0.122 e. The number of methoxy groups -OCH3 is 2. The molecular formula is C17H21NO2. The summed E-state index contributed by atoms with van der Waals surface area (Å²) in [4.78, 5) is 0. The van der Waals surface area contributed by atoms with Gasteiger partial charge in [0, 0.05) is 6.07 Å². The summed E-state index contributed by atoms with van der Waals surface area (Å²) in [7, 11) is 3.28. The van der Waals surface area contributed by atoms with Crippen LogP contribution in [0, 0.1) is 13.8 Å². The molecule has 2 aromatic carbocycles. The smallest absolute Gasteiger partial charge is 0.122 e. The van der Waals surface area contributed by atoms with Crippen LogP contribution in [0.15, 0.2) is 36.4 Å². The van der Waals surface area contributed by atoms with Crippen LogP contribution in [0.25, 0.3) is 0 Å². The summed E-state index contributed by atoms with van der Waals surface area (Å²) in [5.41, 5.74) is 10.9. The van der Waals surface area contributed by atoms with Crippen LogP contribution in [0.2, 0.25) is 0 Å². The molecule has 0 aliphatic heterocycles. The van der Waals surface area contributed by atoms with Crippen LogP contribution < -0.4 is 15.2 Å². The SMILES string of the molecule is COc1cc(OC)cc(C(N)c2cc(C)cc(C)c2)c1. The lowest BCUT2D eigenvalue weighted by molar-refractivity contribution is 0.393. The first-order chi connectivity index (χ1) is 9.53. The van der Waals surface area contributed by atoms with Gasteiger partial charge in [-0.2, -0.15) is 0 Å². The summed E-state index contributed by atoms with van der Waals surface area (Å²) in [6.45, 7) is 4.16. The highest BCUT2D eigenvalue weighted by Crippen LogP contribution is 2.29. The highest BCUT2D eigenvalue weighted by atomic mass is 16.5. The van der Waals surface area contributed by atoms with E-state index in [1.165, 1.54) is 11.1 Å². The predicted octanol–water partition coefficient (Wildman–Crippen LogP) is 3.37. The van der Waals surface area contributed by atoms with Gasteiger partial charge in [-0.25, -0.2) is 0 Å². The van der Waals surface area contributed by atoms with Gasteiger partial charge in [-0.1, -0.05) is 29.3 Å². The van der Waals surface area contributed by atoms with Gasteiger partial charge in [-0.05, 0) is 37.1 Å². The van der Waals surface area contributed by atoms with E-state index in [1.807, 2.05) is 18.2 Å². The van der Waals surface area contributed by atoms with Crippen LogP contribution in [0.3, 0.4) is 0 Å². The predicted molar refractivity (Wildman–Crippen MR) is 81.5 cm³/mol. The zero-order chi connectivity index (χ0) is 14.7. The van der Waals surface area contributed by atoms with Crippen molar-refractivity contribution in [1.82, 2.24) is 0 Å². The van der Waals surface area contributed by atoms with Crippen molar-refractivity contribution in [1.29, 1.82) is 0 Å². The van der Waals surface area contributed by atoms with Crippen molar-refractivity contribution in [2.24, 2.45) is 5.73 Å². The molecular weight excluding hydrogens is 250 g/mol. The van der Waals surface area contributed by atoms with E-state index in [0.717, 1.165) is 22.6 Å². The fourth-order valence-electron chi connectivity index (χ4n) is 2.39. The molecule has 20 heavy (non-hydrogen) atoms. The Morgan fingerprint density at radius 1 is 0.750 bits per heavy atom. The van der Waals surface area contributed by atoms with Gasteiger partial charge in [-0.3, -0.25) is 0 Å². The van der Waals surface area contributed by atoms with Crippen LogP contribution in [0.5, 0.6) is 11.5 Å². The lowest BCUT2D eigenvalue weighted by Crippen LogP contribution is -2.12. The van der Waals surface area contributed by atoms with E-state index in [1.54, 1.807) is 14.2 Å². The van der Waals surface area contributed by atoms with Gasteiger partial charge in [0.25, 0.3) is 0 Å². The molecule has 0 heterocycles. The van der Waals surface area contributed by atoms with E-state index in [-0.39, 0.29) is 6.04 Å². The monoisotopic (exact) mass is 271 g/mol. The van der Waals surface area contributed by atoms with Crippen molar-refractivity contribution in [3.63, 3.8) is 0 Å². The molecule has 0 fully saturated rings. The molecule has 0 bridgehead atoms. The van der Waals surface area contributed by atoms with Crippen LogP contribution >= 0.6 is 0 Å². The fourth-order valence-corrected chi connectivity index (χ4v) is 2.39. The number of rotatable bonds is 4. The Kier molecular flexibility index (Phi) is 4.30. The Morgan fingerprint density at radius 3 is 1.65 bits per heavy atom. The van der Waals surface area contributed by atoms with Gasteiger partial charge in [0.15, 0.2) is 0 Å². The molecule has 106 valence electrons. The topological polar surface area (TPSA) is 44.5 Å². The maximum absolute atomic E-state index is 6.39. The van der Waals surface area contributed by atoms with Gasteiger partial charge < -0.3 is 15.2 Å². The minimum atomic E-state index is -0.197. The lowest BCUT2D eigenvalue weighted by Gasteiger charge is -2.16. The molecule has 3 heteroatoms. The zero-order valence-electron chi connectivity index (χ0n) is 12.4. The van der Waals surface area contributed by atoms with Gasteiger partial charge in [0.1, 0.15) is 11.5 Å². The van der Waals surface area contributed by atoms with Crippen molar-refractivity contribution in [2.75, 3.05) is 14.2 Å². The third-order valence-electron chi connectivity index (χ3n) is 3.34. The molecule has 2 N–H and O–H groups in total. The van der Waals surface area contributed by atoms with Crippen LogP contribution in [0.1, 0.15) is 28.3 Å². The highest BCUT2D eigenvalue weighted by molar-refractivity contribution is 5.44. The number of benzene rings is 2. The summed E-state index contributed by atoms with van der Waals surface area (Å²) in [6, 6.07) is 11.9. The van der Waals surface area contributed by atoms with E-state index in [0.29, 0.717) is 0 Å². The van der Waals surface area contributed by atoms with E-state index >= 15 is 0 Å². The first-order valence-electron chi connectivity index (χ1n) is 6.60. The average Bonchev–Trinajstić information content (AvgIpc) is 2.44. The van der Waals surface area contributed by atoms with E-state index in [4.69, 9.17) is 15.2 Å². The summed E-state index contributed by atoms with van der Waals surface area (Å²) in [6.07, 6.45) is 0. The second-order valence-electron chi connectivity index (χ2n) is 5.04. The molecule has 0 radical (unpaired) electrons. The largest absolute Gasteiger partial charge is 0.497 e. The van der Waals surface area contributed by atoms with Crippen molar-refractivity contribution in [3.8, 4) is 11.5 Å². The minimum absolute atomic E-state index is 0.197. The number of hydrogen-bond donors (Lipinski definition) is 1. The molecule has 0 amide bonds. The molecule has 2 aromatic rings. The maximum atomic E-state index is 6.39. The molecule has 0 aliphatic carbocycles. The van der Waals surface area contributed by atoms with Crippen molar-refractivity contribution in [2.45, 2.75) is 19.9 Å². The van der Waals surface area contributed by atoms with Gasteiger partial charge in [0.2, 0.25) is 0 Å². The summed E-state index contributed by atoms with van der Waals surface area (Å²) < 4.78 is 10.6. The van der Waals surface area contributed by atoms with Crippen LogP contribution in [-0.2, 0) is 0 Å². The Hall–Kier alpha value is -2.00. The summed E-state index contributed by atoms with van der Waals surface area (Å²) >= 11 is 0. The number of hydrogen-bond acceptors (Lipinski definition) is 3. The molecule has 0 saturated carbocycles. The van der Waals surface area contributed by atoms with Crippen LogP contribution in [-0.4, -0.2) is 14.2 Å². The quantitative estimate of drug-likeness (QED) is 0.927. The lowest BCUT2D eigenvalue weighted by atomic mass is 9.96. The van der Waals surface area contributed by atoms with Gasteiger partial charge >= 0.3 is 0 Å². The molecule has 2 rings (SSSR count). The van der Waals surface area contributed by atoms with Gasteiger partial charge in [-0.15, -0.1) is 0 Å². The molecule has 0 saturated heterocycles. The standard InChI is InChI=1S/C17H21NO2/c1-11-5-12(2)7-13(6-11)17(18)14-8-15(19-3)10-16(9-14)20-4/h5-10,17H,18H2,1-4H3. The Balaban J connectivity index is 2.43. The molecule has 0 aliphatic rings. The van der Waals surface area contributed by atoms with E-state index < -0.39 is 0 Å². The molecule has 3 nitrogen and oxygen atoms in total. The molecule has 0 spiro atoms. The second kappa shape index (κ2) is 5.97. The second-order valence-corrected chi connectivity index (χ2v) is 5.04. The number of ether oxygens (including phenoxy) is 2. The summed E-state index contributed by atoms with van der Waals surface area (Å²) in [5, 5.41) is 0. The summed E-state index contributed by atoms with van der Waals surface area (Å²) in [5.74, 6) is 1.50. The average molecular weight is 271 g/mol. The third kappa shape index (κ3) is 3.11. The Bertz CT molecular complexity index is 565. The van der Waals surface area contributed by atoms with E-state index in [2.05, 4.69) is 32.0 Å². The van der Waals surface area contributed by atoms with Crippen LogP contribution in [0.4, 0.5) is 0 Å². The van der Waals surface area contributed by atoms with Crippen molar-refractivity contribution in [3.05, 3.63) is 58.7 Å². The number of aryl methyl sites for hydroxylation is 2. The molecule has 1 unspecified atom stereocenters. The fraction of sp³-hybridized carbons (Fsp3) is 0.294. The van der Waals surface area contributed by atoms with Crippen molar-refractivity contribution >= 4 is 0 Å². The zero-order valence-corrected chi connectivity index (χ0v) is 12.4. The first kappa shape index (κ1) is 14.4. The van der Waals surface area contributed by atoms with Crippen molar-refractivity contribution < 1.29 is 9.47 Å². The number of nitrogens with two attached hydrogens (primary N) is 1. The minimum Gasteiger partial charge on any atom is -0.497 e. The normalized spacial score (nSPS) is 12.1. The third-order valence-corrected chi connectivity index (χ3v) is 3.34. The highest BCUT2D eigenvalue weighted by Gasteiger charge is 2.12. The molecule has 0 aromatic heterocycles. The van der Waals surface area contributed by atoms with Gasteiger partial charge in [0.05, 0.1) is 20.3 Å². The van der Waals surface area contributed by atoms with E-state index in [9.17, 15) is 0 Å². The Labute approximate surface area is 120 Å². The first-order valence-corrected chi connectivity index (χ1v) is 6.60. The molecule has 1 atom stereocenters. The Morgan fingerprint density at radius 2 is 1.20 bits per heavy atom.